The molecule has 0 radical (unpaired) electrons. The summed E-state index contributed by atoms with van der Waals surface area (Å²) in [5.41, 5.74) is 15.0. The zero-order valence-electron chi connectivity index (χ0n) is 33.2. The molecule has 0 aliphatic heterocycles. The van der Waals surface area contributed by atoms with Crippen molar-refractivity contribution in [2.75, 3.05) is 0 Å². The number of aromatic nitrogens is 4. The molecule has 4 nitrogen and oxygen atoms in total. The Morgan fingerprint density at radius 1 is 0.246 bits per heavy atom. The molecule has 2 heterocycles. The molecule has 0 spiro atoms. The molecule has 61 heavy (non-hydrogen) atoms. The summed E-state index contributed by atoms with van der Waals surface area (Å²) in [6, 6.07) is 81.3. The molecule has 0 amide bonds. The maximum absolute atomic E-state index is 5.34. The normalized spacial score (nSPS) is 11.3. The van der Waals surface area contributed by atoms with Gasteiger partial charge in [-0.3, -0.25) is 0 Å². The summed E-state index contributed by atoms with van der Waals surface area (Å²) in [4.78, 5) is 15.8. The molecule has 4 heteroatoms. The molecule has 0 aliphatic carbocycles. The van der Waals surface area contributed by atoms with E-state index in [9.17, 15) is 0 Å². The van der Waals surface area contributed by atoms with Crippen LogP contribution in [0.2, 0.25) is 0 Å². The van der Waals surface area contributed by atoms with Gasteiger partial charge in [-0.15, -0.1) is 0 Å². The van der Waals surface area contributed by atoms with Gasteiger partial charge in [0.15, 0.2) is 17.5 Å². The Morgan fingerprint density at radius 2 is 0.623 bits per heavy atom. The van der Waals surface area contributed by atoms with Crippen LogP contribution in [0.5, 0.6) is 0 Å². The average Bonchev–Trinajstić information content (AvgIpc) is 3.69. The second kappa shape index (κ2) is 15.5. The quantitative estimate of drug-likeness (QED) is 0.154. The van der Waals surface area contributed by atoms with Gasteiger partial charge in [-0.05, 0) is 93.0 Å². The predicted octanol–water partition coefficient (Wildman–Crippen LogP) is 14.6. The van der Waals surface area contributed by atoms with Crippen molar-refractivity contribution in [1.82, 2.24) is 19.5 Å². The minimum Gasteiger partial charge on any atom is -0.308 e. The van der Waals surface area contributed by atoms with Gasteiger partial charge in [-0.25, -0.2) is 15.0 Å². The third-order valence-electron chi connectivity index (χ3n) is 11.4. The van der Waals surface area contributed by atoms with Gasteiger partial charge in [-0.2, -0.15) is 0 Å². The topological polar surface area (TPSA) is 43.6 Å². The Morgan fingerprint density at radius 3 is 1.18 bits per heavy atom. The van der Waals surface area contributed by atoms with E-state index in [-0.39, 0.29) is 0 Å². The van der Waals surface area contributed by atoms with Crippen LogP contribution in [0, 0.1) is 0 Å². The number of rotatable bonds is 8. The Bertz CT molecular complexity index is 3230. The van der Waals surface area contributed by atoms with Crippen LogP contribution in [0.4, 0.5) is 0 Å². The number of nitrogens with zero attached hydrogens (tertiary/aromatic N) is 4. The van der Waals surface area contributed by atoms with Crippen molar-refractivity contribution < 1.29 is 0 Å². The smallest absolute Gasteiger partial charge is 0.166 e. The first kappa shape index (κ1) is 35.9. The average molecular weight is 779 g/mol. The van der Waals surface area contributed by atoms with Gasteiger partial charge in [-0.1, -0.05) is 182 Å². The summed E-state index contributed by atoms with van der Waals surface area (Å²) in [7, 11) is 0. The van der Waals surface area contributed by atoms with Crippen LogP contribution in [0.1, 0.15) is 0 Å². The van der Waals surface area contributed by atoms with Gasteiger partial charge in [0, 0.05) is 27.5 Å². The van der Waals surface area contributed by atoms with E-state index in [1.165, 1.54) is 21.9 Å². The van der Waals surface area contributed by atoms with E-state index in [0.29, 0.717) is 17.5 Å². The van der Waals surface area contributed by atoms with E-state index in [1.807, 2.05) is 24.3 Å². The van der Waals surface area contributed by atoms with E-state index in [2.05, 4.69) is 211 Å². The fourth-order valence-electron chi connectivity index (χ4n) is 8.47. The lowest BCUT2D eigenvalue weighted by Gasteiger charge is -2.17. The Balaban J connectivity index is 1.18. The summed E-state index contributed by atoms with van der Waals surface area (Å²) in [6.07, 6.45) is 0. The van der Waals surface area contributed by atoms with E-state index in [1.54, 1.807) is 0 Å². The monoisotopic (exact) mass is 778 g/mol. The van der Waals surface area contributed by atoms with Crippen LogP contribution < -0.4 is 0 Å². The zero-order valence-corrected chi connectivity index (χ0v) is 33.2. The van der Waals surface area contributed by atoms with E-state index >= 15 is 0 Å². The second-order valence-corrected chi connectivity index (χ2v) is 15.3. The van der Waals surface area contributed by atoms with Gasteiger partial charge in [0.1, 0.15) is 0 Å². The first-order valence-electron chi connectivity index (χ1n) is 20.6. The molecule has 0 unspecified atom stereocenters. The summed E-state index contributed by atoms with van der Waals surface area (Å²) in [6.45, 7) is 0. The highest BCUT2D eigenvalue weighted by atomic mass is 15.1. The number of benzene rings is 9. The maximum atomic E-state index is 5.34. The SMILES string of the molecule is c1ccc(-c2cc(-c3ccccc3)cc(-c3ccc(-c4nc(-c5ccccc5)nc(-c5cccc(-c6ccccc6)c5)n4)c(-n4c5ccccc5c5ccccc54)c3)c2)cc1. The van der Waals surface area contributed by atoms with Crippen molar-refractivity contribution in [3.05, 3.63) is 231 Å². The summed E-state index contributed by atoms with van der Waals surface area (Å²) >= 11 is 0. The molecule has 11 aromatic rings. The van der Waals surface area contributed by atoms with Gasteiger partial charge in [0.2, 0.25) is 0 Å². The Hall–Kier alpha value is -8.21. The summed E-state index contributed by atoms with van der Waals surface area (Å²) in [5, 5.41) is 2.37. The lowest BCUT2D eigenvalue weighted by atomic mass is 9.92. The molecule has 2 aromatic heterocycles. The molecular weight excluding hydrogens is 741 g/mol. The first-order chi connectivity index (χ1) is 30.2. The number of hydrogen-bond donors (Lipinski definition) is 0. The fraction of sp³-hybridized carbons (Fsp3) is 0. The van der Waals surface area contributed by atoms with E-state index < -0.39 is 0 Å². The largest absolute Gasteiger partial charge is 0.308 e. The first-order valence-corrected chi connectivity index (χ1v) is 20.6. The van der Waals surface area contributed by atoms with Crippen LogP contribution >= 0.6 is 0 Å². The maximum Gasteiger partial charge on any atom is 0.166 e. The van der Waals surface area contributed by atoms with Crippen molar-refractivity contribution in [3.8, 4) is 84.4 Å². The van der Waals surface area contributed by atoms with Crippen molar-refractivity contribution in [2.24, 2.45) is 0 Å². The zero-order chi connectivity index (χ0) is 40.5. The molecule has 0 fully saturated rings. The summed E-state index contributed by atoms with van der Waals surface area (Å²) < 4.78 is 2.38. The summed E-state index contributed by atoms with van der Waals surface area (Å²) in [5.74, 6) is 1.83. The molecule has 0 bridgehead atoms. The molecule has 0 saturated heterocycles. The van der Waals surface area contributed by atoms with Gasteiger partial charge in [0.25, 0.3) is 0 Å². The minimum atomic E-state index is 0.598. The van der Waals surface area contributed by atoms with Crippen LogP contribution in [-0.2, 0) is 0 Å². The van der Waals surface area contributed by atoms with Crippen LogP contribution in [-0.4, -0.2) is 19.5 Å². The lowest BCUT2D eigenvalue weighted by molar-refractivity contribution is 1.06. The van der Waals surface area contributed by atoms with Crippen molar-refractivity contribution >= 4 is 21.8 Å². The minimum absolute atomic E-state index is 0.598. The molecule has 0 saturated carbocycles. The standard InChI is InChI=1S/C57H38N4/c1-5-18-39(19-6-1)43-26-17-27-45(34-43)56-58-55(42-24-11-4-12-25-42)59-57(60-56)51-33-32-44(38-54(51)61-52-30-15-13-28-49(52)50-29-14-16-31-53(50)61)48-36-46(40-20-7-2-8-21-40)35-47(37-48)41-22-9-3-10-23-41/h1-38H. The van der Waals surface area contributed by atoms with Gasteiger partial charge >= 0.3 is 0 Å². The van der Waals surface area contributed by atoms with Gasteiger partial charge in [0.05, 0.1) is 16.7 Å². The highest BCUT2D eigenvalue weighted by Crippen LogP contribution is 2.40. The van der Waals surface area contributed by atoms with Crippen molar-refractivity contribution in [3.63, 3.8) is 0 Å². The molecule has 9 aromatic carbocycles. The fourth-order valence-corrected chi connectivity index (χ4v) is 8.47. The van der Waals surface area contributed by atoms with Crippen LogP contribution in [0.3, 0.4) is 0 Å². The van der Waals surface area contributed by atoms with Crippen molar-refractivity contribution in [2.45, 2.75) is 0 Å². The Labute approximate surface area is 354 Å². The van der Waals surface area contributed by atoms with Crippen LogP contribution in [0.25, 0.3) is 106 Å². The Kier molecular flexibility index (Phi) is 9.14. The van der Waals surface area contributed by atoms with E-state index in [0.717, 1.165) is 66.8 Å². The molecule has 0 N–H and O–H groups in total. The highest BCUT2D eigenvalue weighted by molar-refractivity contribution is 6.09. The highest BCUT2D eigenvalue weighted by Gasteiger charge is 2.21. The molecule has 286 valence electrons. The van der Waals surface area contributed by atoms with Gasteiger partial charge < -0.3 is 4.57 Å². The number of para-hydroxylation sites is 2. The molecule has 0 aliphatic rings. The third kappa shape index (κ3) is 6.86. The van der Waals surface area contributed by atoms with Crippen LogP contribution in [0.15, 0.2) is 231 Å². The molecule has 0 atom stereocenters. The number of fused-ring (bicyclic) bond motifs is 3. The molecular formula is C57H38N4. The third-order valence-corrected chi connectivity index (χ3v) is 11.4. The number of hydrogen-bond acceptors (Lipinski definition) is 3. The predicted molar refractivity (Wildman–Crippen MR) is 252 cm³/mol. The molecule has 11 rings (SSSR count). The van der Waals surface area contributed by atoms with Crippen molar-refractivity contribution in [1.29, 1.82) is 0 Å². The second-order valence-electron chi connectivity index (χ2n) is 15.3. The van der Waals surface area contributed by atoms with E-state index in [4.69, 9.17) is 15.0 Å². The lowest BCUT2D eigenvalue weighted by Crippen LogP contribution is -2.04.